The van der Waals surface area contributed by atoms with Crippen molar-refractivity contribution in [1.29, 1.82) is 0 Å². The van der Waals surface area contributed by atoms with E-state index < -0.39 is 11.4 Å². The zero-order valence-electron chi connectivity index (χ0n) is 12.1. The van der Waals surface area contributed by atoms with Gasteiger partial charge in [-0.15, -0.1) is 0 Å². The molecule has 1 atom stereocenters. The van der Waals surface area contributed by atoms with Gasteiger partial charge in [0.25, 0.3) is 0 Å². The minimum Gasteiger partial charge on any atom is -0.481 e. The monoisotopic (exact) mass is 275 g/mol. The van der Waals surface area contributed by atoms with Crippen molar-refractivity contribution in [3.05, 3.63) is 17.1 Å². The largest absolute Gasteiger partial charge is 0.481 e. The molecular weight excluding hydrogens is 254 g/mol. The fraction of sp³-hybridized carbons (Fsp3) is 0.667. The Bertz CT molecular complexity index is 558. The van der Waals surface area contributed by atoms with Crippen LogP contribution < -0.4 is 4.90 Å². The van der Waals surface area contributed by atoms with Crippen molar-refractivity contribution in [2.24, 2.45) is 5.41 Å². The number of hydrogen-bond acceptors (Lipinski definition) is 4. The van der Waals surface area contributed by atoms with Crippen molar-refractivity contribution in [3.63, 3.8) is 0 Å². The number of aryl methyl sites for hydroxylation is 2. The summed E-state index contributed by atoms with van der Waals surface area (Å²) >= 11 is 0. The van der Waals surface area contributed by atoms with Crippen molar-refractivity contribution in [2.45, 2.75) is 46.0 Å². The summed E-state index contributed by atoms with van der Waals surface area (Å²) in [5, 5.41) is 9.37. The number of aliphatic carboxylic acids is 1. The molecule has 0 saturated carbocycles. The summed E-state index contributed by atoms with van der Waals surface area (Å²) in [6.07, 6.45) is 5.09. The maximum atomic E-state index is 11.4. The number of carbonyl (C=O) groups is 1. The summed E-state index contributed by atoms with van der Waals surface area (Å²) < 4.78 is 0. The Kier molecular flexibility index (Phi) is 3.15. The summed E-state index contributed by atoms with van der Waals surface area (Å²) in [6, 6.07) is 0. The number of nitrogens with zero attached hydrogens (tertiary/aromatic N) is 3. The Morgan fingerprint density at radius 2 is 2.05 bits per heavy atom. The van der Waals surface area contributed by atoms with E-state index in [9.17, 15) is 9.90 Å². The summed E-state index contributed by atoms with van der Waals surface area (Å²) in [5.74, 6) is 1.07. The molecule has 1 aliphatic carbocycles. The summed E-state index contributed by atoms with van der Waals surface area (Å²) in [5.41, 5.74) is 1.76. The second-order valence-electron chi connectivity index (χ2n) is 6.26. The molecule has 0 bridgehead atoms. The first kappa shape index (κ1) is 13.3. The Morgan fingerprint density at radius 1 is 1.30 bits per heavy atom. The van der Waals surface area contributed by atoms with Crippen molar-refractivity contribution in [3.8, 4) is 0 Å². The van der Waals surface area contributed by atoms with Gasteiger partial charge in [-0.25, -0.2) is 9.97 Å². The van der Waals surface area contributed by atoms with E-state index in [0.29, 0.717) is 13.0 Å². The van der Waals surface area contributed by atoms with Crippen molar-refractivity contribution < 1.29 is 9.90 Å². The third-order valence-corrected chi connectivity index (χ3v) is 4.56. The van der Waals surface area contributed by atoms with Gasteiger partial charge >= 0.3 is 5.97 Å². The molecule has 0 spiro atoms. The van der Waals surface area contributed by atoms with Gasteiger partial charge in [0.05, 0.1) is 5.41 Å². The van der Waals surface area contributed by atoms with E-state index in [1.54, 1.807) is 0 Å². The fourth-order valence-corrected chi connectivity index (χ4v) is 3.27. The average Bonchev–Trinajstić information content (AvgIpc) is 2.82. The molecule has 1 saturated heterocycles. The average molecular weight is 275 g/mol. The Labute approximate surface area is 119 Å². The molecule has 5 nitrogen and oxygen atoms in total. The molecule has 0 radical (unpaired) electrons. The highest BCUT2D eigenvalue weighted by atomic mass is 16.4. The van der Waals surface area contributed by atoms with Gasteiger partial charge in [-0.3, -0.25) is 4.79 Å². The van der Waals surface area contributed by atoms with Crippen LogP contribution in [0.15, 0.2) is 0 Å². The summed E-state index contributed by atoms with van der Waals surface area (Å²) in [7, 11) is 0. The first-order chi connectivity index (χ1) is 9.49. The summed E-state index contributed by atoms with van der Waals surface area (Å²) in [4.78, 5) is 22.7. The SMILES string of the molecule is Cc1nc2c(c(N3CCC(C)(C(=O)O)C3)n1)CCCC2. The molecule has 0 aromatic carbocycles. The molecule has 2 heterocycles. The number of carboxylic acid groups (broad SMARTS) is 1. The molecule has 3 rings (SSSR count). The molecule has 5 heteroatoms. The Hall–Kier alpha value is -1.65. The second kappa shape index (κ2) is 4.72. The lowest BCUT2D eigenvalue weighted by Crippen LogP contribution is -2.33. The standard InChI is InChI=1S/C15H21N3O2/c1-10-16-12-6-4-3-5-11(12)13(17-10)18-8-7-15(2,9-18)14(19)20/h3-9H2,1-2H3,(H,19,20). The van der Waals surface area contributed by atoms with E-state index >= 15 is 0 Å². The van der Waals surface area contributed by atoms with Crippen LogP contribution in [-0.2, 0) is 17.6 Å². The van der Waals surface area contributed by atoms with Crippen LogP contribution in [0.5, 0.6) is 0 Å². The smallest absolute Gasteiger partial charge is 0.311 e. The minimum absolute atomic E-state index is 0.547. The van der Waals surface area contributed by atoms with Gasteiger partial charge in [-0.1, -0.05) is 0 Å². The van der Waals surface area contributed by atoms with Crippen LogP contribution >= 0.6 is 0 Å². The predicted octanol–water partition coefficient (Wildman–Crippen LogP) is 1.96. The van der Waals surface area contributed by atoms with Crippen molar-refractivity contribution in [1.82, 2.24) is 9.97 Å². The van der Waals surface area contributed by atoms with Crippen molar-refractivity contribution >= 4 is 11.8 Å². The molecule has 1 N–H and O–H groups in total. The highest BCUT2D eigenvalue weighted by molar-refractivity contribution is 5.76. The van der Waals surface area contributed by atoms with Gasteiger partial charge in [0.15, 0.2) is 0 Å². The molecule has 1 fully saturated rings. The zero-order chi connectivity index (χ0) is 14.3. The molecule has 1 aromatic rings. The first-order valence-electron chi connectivity index (χ1n) is 7.34. The third-order valence-electron chi connectivity index (χ3n) is 4.56. The Morgan fingerprint density at radius 3 is 2.75 bits per heavy atom. The van der Waals surface area contributed by atoms with Gasteiger partial charge in [0, 0.05) is 24.3 Å². The van der Waals surface area contributed by atoms with E-state index in [0.717, 1.165) is 31.0 Å². The number of carboxylic acids is 1. The van der Waals surface area contributed by atoms with Crippen LogP contribution in [0, 0.1) is 12.3 Å². The third kappa shape index (κ3) is 2.15. The fourth-order valence-electron chi connectivity index (χ4n) is 3.27. The highest BCUT2D eigenvalue weighted by Gasteiger charge is 2.41. The van der Waals surface area contributed by atoms with E-state index in [-0.39, 0.29) is 0 Å². The van der Waals surface area contributed by atoms with Crippen LogP contribution in [0.25, 0.3) is 0 Å². The molecule has 0 amide bonds. The quantitative estimate of drug-likeness (QED) is 0.893. The van der Waals surface area contributed by atoms with Crippen LogP contribution in [0.2, 0.25) is 0 Å². The normalized spacial score (nSPS) is 25.6. The second-order valence-corrected chi connectivity index (χ2v) is 6.26. The molecule has 20 heavy (non-hydrogen) atoms. The van der Waals surface area contributed by atoms with E-state index in [1.807, 2.05) is 13.8 Å². The molecule has 2 aliphatic rings. The van der Waals surface area contributed by atoms with Gasteiger partial charge in [-0.05, 0) is 46.0 Å². The number of aromatic nitrogens is 2. The molecule has 1 aliphatic heterocycles. The lowest BCUT2D eigenvalue weighted by molar-refractivity contribution is -0.146. The molecule has 1 unspecified atom stereocenters. The van der Waals surface area contributed by atoms with E-state index in [4.69, 9.17) is 0 Å². The van der Waals surface area contributed by atoms with Crippen LogP contribution in [0.3, 0.4) is 0 Å². The van der Waals surface area contributed by atoms with Gasteiger partial charge in [0.2, 0.25) is 0 Å². The predicted molar refractivity (Wildman–Crippen MR) is 76.0 cm³/mol. The Balaban J connectivity index is 1.95. The van der Waals surface area contributed by atoms with E-state index in [1.165, 1.54) is 24.1 Å². The number of hydrogen-bond donors (Lipinski definition) is 1. The highest BCUT2D eigenvalue weighted by Crippen LogP contribution is 2.36. The number of anilines is 1. The number of rotatable bonds is 2. The molecular formula is C15H21N3O2. The lowest BCUT2D eigenvalue weighted by atomic mass is 9.90. The molecule has 1 aromatic heterocycles. The lowest BCUT2D eigenvalue weighted by Gasteiger charge is -2.26. The minimum atomic E-state index is -0.709. The first-order valence-corrected chi connectivity index (χ1v) is 7.34. The van der Waals surface area contributed by atoms with E-state index in [2.05, 4.69) is 14.9 Å². The van der Waals surface area contributed by atoms with Gasteiger partial charge in [0.1, 0.15) is 11.6 Å². The van der Waals surface area contributed by atoms with Gasteiger partial charge < -0.3 is 10.0 Å². The topological polar surface area (TPSA) is 66.3 Å². The van der Waals surface area contributed by atoms with Crippen LogP contribution in [-0.4, -0.2) is 34.1 Å². The molecule has 108 valence electrons. The van der Waals surface area contributed by atoms with Crippen LogP contribution in [0.1, 0.15) is 43.3 Å². The van der Waals surface area contributed by atoms with Crippen molar-refractivity contribution in [2.75, 3.05) is 18.0 Å². The zero-order valence-corrected chi connectivity index (χ0v) is 12.1. The van der Waals surface area contributed by atoms with Gasteiger partial charge in [-0.2, -0.15) is 0 Å². The van der Waals surface area contributed by atoms with Crippen LogP contribution in [0.4, 0.5) is 5.82 Å². The summed E-state index contributed by atoms with van der Waals surface area (Å²) in [6.45, 7) is 5.07. The maximum Gasteiger partial charge on any atom is 0.311 e. The number of fused-ring (bicyclic) bond motifs is 1. The maximum absolute atomic E-state index is 11.4.